The van der Waals surface area contributed by atoms with Crippen molar-refractivity contribution in [1.29, 1.82) is 0 Å². The SMILES string of the molecule is C[C@@H](Nc1cnc(-c2cncc([S+](C)[O-])c2)cn1)c1ccc(F)cc1. The molecule has 0 saturated heterocycles. The molecule has 0 fully saturated rings. The van der Waals surface area contributed by atoms with Crippen LogP contribution in [0.3, 0.4) is 0 Å². The lowest BCUT2D eigenvalue weighted by Crippen LogP contribution is -2.08. The van der Waals surface area contributed by atoms with E-state index in [4.69, 9.17) is 0 Å². The van der Waals surface area contributed by atoms with Crippen molar-refractivity contribution >= 4 is 17.0 Å². The zero-order valence-electron chi connectivity index (χ0n) is 13.8. The highest BCUT2D eigenvalue weighted by atomic mass is 32.2. The third kappa shape index (κ3) is 4.32. The third-order valence-electron chi connectivity index (χ3n) is 3.73. The molecule has 2 heterocycles. The van der Waals surface area contributed by atoms with Gasteiger partial charge in [-0.25, -0.2) is 9.37 Å². The van der Waals surface area contributed by atoms with Crippen molar-refractivity contribution in [1.82, 2.24) is 15.0 Å². The van der Waals surface area contributed by atoms with Crippen LogP contribution in [0.5, 0.6) is 0 Å². The van der Waals surface area contributed by atoms with E-state index in [9.17, 15) is 8.94 Å². The first-order valence-corrected chi connectivity index (χ1v) is 9.21. The molecule has 2 aromatic heterocycles. The van der Waals surface area contributed by atoms with E-state index in [0.717, 1.165) is 11.1 Å². The highest BCUT2D eigenvalue weighted by Crippen LogP contribution is 2.21. The average Bonchev–Trinajstić information content (AvgIpc) is 2.63. The molecule has 1 N–H and O–H groups in total. The molecule has 1 unspecified atom stereocenters. The zero-order valence-corrected chi connectivity index (χ0v) is 14.6. The van der Waals surface area contributed by atoms with Crippen LogP contribution in [0, 0.1) is 5.82 Å². The number of anilines is 1. The van der Waals surface area contributed by atoms with Gasteiger partial charge in [0.05, 0.1) is 24.3 Å². The van der Waals surface area contributed by atoms with Crippen molar-refractivity contribution < 1.29 is 8.94 Å². The first-order valence-electron chi connectivity index (χ1n) is 7.66. The molecule has 0 aliphatic rings. The molecule has 0 radical (unpaired) electrons. The van der Waals surface area contributed by atoms with Crippen LogP contribution in [0.25, 0.3) is 11.3 Å². The molecule has 0 aliphatic carbocycles. The van der Waals surface area contributed by atoms with E-state index in [1.165, 1.54) is 12.1 Å². The Morgan fingerprint density at radius 2 is 1.84 bits per heavy atom. The monoisotopic (exact) mass is 356 g/mol. The van der Waals surface area contributed by atoms with Crippen LogP contribution in [-0.2, 0) is 11.2 Å². The Kier molecular flexibility index (Phi) is 5.25. The summed E-state index contributed by atoms with van der Waals surface area (Å²) < 4.78 is 24.6. The second-order valence-corrected chi connectivity index (χ2v) is 6.95. The van der Waals surface area contributed by atoms with Crippen molar-refractivity contribution in [3.8, 4) is 11.3 Å². The van der Waals surface area contributed by atoms with Crippen LogP contribution >= 0.6 is 0 Å². The summed E-state index contributed by atoms with van der Waals surface area (Å²) in [5, 5.41) is 3.23. The number of halogens is 1. The number of benzene rings is 1. The van der Waals surface area contributed by atoms with Gasteiger partial charge in [-0.2, -0.15) is 0 Å². The quantitative estimate of drug-likeness (QED) is 0.707. The Morgan fingerprint density at radius 1 is 1.08 bits per heavy atom. The van der Waals surface area contributed by atoms with Gasteiger partial charge in [0.1, 0.15) is 17.9 Å². The van der Waals surface area contributed by atoms with Gasteiger partial charge in [0, 0.05) is 23.9 Å². The van der Waals surface area contributed by atoms with E-state index in [1.807, 2.05) is 6.92 Å². The maximum atomic E-state index is 13.0. The Hall–Kier alpha value is -2.51. The molecule has 0 saturated carbocycles. The molecule has 7 heteroatoms. The average molecular weight is 356 g/mol. The van der Waals surface area contributed by atoms with Crippen molar-refractivity contribution in [2.45, 2.75) is 17.9 Å². The molecule has 25 heavy (non-hydrogen) atoms. The van der Waals surface area contributed by atoms with Gasteiger partial charge in [0.2, 0.25) is 0 Å². The number of nitrogens with zero attached hydrogens (tertiary/aromatic N) is 3. The van der Waals surface area contributed by atoms with Gasteiger partial charge in [-0.3, -0.25) is 9.97 Å². The normalized spacial score (nSPS) is 13.3. The van der Waals surface area contributed by atoms with Crippen LogP contribution < -0.4 is 5.32 Å². The van der Waals surface area contributed by atoms with Crippen LogP contribution in [0.15, 0.2) is 60.0 Å². The molecular formula is C18H17FN4OS. The molecule has 1 aromatic carbocycles. The molecule has 3 aromatic rings. The van der Waals surface area contributed by atoms with Gasteiger partial charge >= 0.3 is 0 Å². The number of hydrogen-bond acceptors (Lipinski definition) is 5. The summed E-state index contributed by atoms with van der Waals surface area (Å²) in [6.07, 6.45) is 8.11. The molecule has 0 aliphatic heterocycles. The number of hydrogen-bond donors (Lipinski definition) is 1. The Labute approximate surface area is 148 Å². The molecule has 5 nitrogen and oxygen atoms in total. The second-order valence-electron chi connectivity index (χ2n) is 5.57. The minimum atomic E-state index is -1.10. The minimum absolute atomic E-state index is 0.0340. The van der Waals surface area contributed by atoms with E-state index in [-0.39, 0.29) is 11.9 Å². The first kappa shape index (κ1) is 17.3. The summed E-state index contributed by atoms with van der Waals surface area (Å²) in [7, 11) is 0. The molecule has 0 spiro atoms. The molecule has 0 amide bonds. The summed E-state index contributed by atoms with van der Waals surface area (Å²) in [4.78, 5) is 13.5. The number of rotatable bonds is 5. The zero-order chi connectivity index (χ0) is 17.8. The van der Waals surface area contributed by atoms with Crippen molar-refractivity contribution in [2.75, 3.05) is 11.6 Å². The number of aromatic nitrogens is 3. The van der Waals surface area contributed by atoms with Gasteiger partial charge in [-0.05, 0) is 35.8 Å². The van der Waals surface area contributed by atoms with Crippen LogP contribution in [0.1, 0.15) is 18.5 Å². The van der Waals surface area contributed by atoms with Crippen molar-refractivity contribution in [3.63, 3.8) is 0 Å². The van der Waals surface area contributed by atoms with Crippen LogP contribution in [0.4, 0.5) is 10.2 Å². The fraction of sp³-hybridized carbons (Fsp3) is 0.167. The smallest absolute Gasteiger partial charge is 0.171 e. The summed E-state index contributed by atoms with van der Waals surface area (Å²) in [6, 6.07) is 8.09. The summed E-state index contributed by atoms with van der Waals surface area (Å²) in [5.41, 5.74) is 2.37. The fourth-order valence-corrected chi connectivity index (χ4v) is 2.83. The molecular weight excluding hydrogens is 339 g/mol. The molecule has 2 atom stereocenters. The second kappa shape index (κ2) is 7.58. The predicted molar refractivity (Wildman–Crippen MR) is 96.0 cm³/mol. The van der Waals surface area contributed by atoms with Crippen LogP contribution in [-0.4, -0.2) is 25.8 Å². The van der Waals surface area contributed by atoms with Crippen molar-refractivity contribution in [3.05, 3.63) is 66.5 Å². The van der Waals surface area contributed by atoms with Gasteiger partial charge in [0.25, 0.3) is 0 Å². The Bertz CT molecular complexity index is 840. The lowest BCUT2D eigenvalue weighted by molar-refractivity contribution is 0.600. The summed E-state index contributed by atoms with van der Waals surface area (Å²) in [6.45, 7) is 1.97. The van der Waals surface area contributed by atoms with Gasteiger partial charge in [-0.15, -0.1) is 0 Å². The lowest BCUT2D eigenvalue weighted by atomic mass is 10.1. The van der Waals surface area contributed by atoms with E-state index in [0.29, 0.717) is 16.4 Å². The topological polar surface area (TPSA) is 73.8 Å². The van der Waals surface area contributed by atoms with Gasteiger partial charge in [-0.1, -0.05) is 12.1 Å². The number of pyridine rings is 1. The van der Waals surface area contributed by atoms with Gasteiger partial charge in [0.15, 0.2) is 4.90 Å². The first-order chi connectivity index (χ1) is 12.0. The molecule has 0 bridgehead atoms. The number of nitrogens with one attached hydrogen (secondary N) is 1. The van der Waals surface area contributed by atoms with E-state index < -0.39 is 11.2 Å². The Balaban J connectivity index is 1.74. The minimum Gasteiger partial charge on any atom is -0.612 e. The molecule has 128 valence electrons. The van der Waals surface area contributed by atoms with Crippen molar-refractivity contribution in [2.24, 2.45) is 0 Å². The highest BCUT2D eigenvalue weighted by molar-refractivity contribution is 7.90. The highest BCUT2D eigenvalue weighted by Gasteiger charge is 2.10. The lowest BCUT2D eigenvalue weighted by Gasteiger charge is -2.15. The van der Waals surface area contributed by atoms with E-state index in [2.05, 4.69) is 20.3 Å². The summed E-state index contributed by atoms with van der Waals surface area (Å²) in [5.74, 6) is 0.354. The fourth-order valence-electron chi connectivity index (χ4n) is 2.32. The largest absolute Gasteiger partial charge is 0.612 e. The third-order valence-corrected chi connectivity index (χ3v) is 4.61. The maximum Gasteiger partial charge on any atom is 0.171 e. The van der Waals surface area contributed by atoms with E-state index in [1.54, 1.807) is 49.2 Å². The Morgan fingerprint density at radius 3 is 2.48 bits per heavy atom. The standard InChI is InChI=1S/C18H17FN4OS/c1-12(13-3-5-15(19)6-4-13)23-18-11-21-17(10-22-18)14-7-16(25(2)24)9-20-8-14/h3-12H,1-2H3,(H,22,23)/t12-,25?/m1/s1. The summed E-state index contributed by atoms with van der Waals surface area (Å²) >= 11 is -1.10. The maximum absolute atomic E-state index is 13.0. The van der Waals surface area contributed by atoms with Gasteiger partial charge < -0.3 is 9.87 Å². The van der Waals surface area contributed by atoms with E-state index >= 15 is 0 Å². The van der Waals surface area contributed by atoms with Crippen LogP contribution in [0.2, 0.25) is 0 Å². The molecule has 3 rings (SSSR count). The predicted octanol–water partition coefficient (Wildman–Crippen LogP) is 3.59.